The van der Waals surface area contributed by atoms with Crippen LogP contribution in [0.1, 0.15) is 59.8 Å². The molecule has 0 spiro atoms. The lowest BCUT2D eigenvalue weighted by atomic mass is 9.99. The Morgan fingerprint density at radius 3 is 2.07 bits per heavy atom. The molecule has 2 aliphatic heterocycles. The Morgan fingerprint density at radius 1 is 0.878 bits per heavy atom. The van der Waals surface area contributed by atoms with E-state index in [1.54, 1.807) is 0 Å². The van der Waals surface area contributed by atoms with Gasteiger partial charge in [-0.1, -0.05) is 34.1 Å². The lowest BCUT2D eigenvalue weighted by molar-refractivity contribution is -0.301. The maximum atomic E-state index is 12.3. The van der Waals surface area contributed by atoms with Gasteiger partial charge in [0.15, 0.2) is 6.29 Å². The molecule has 0 aromatic heterocycles. The second-order valence-corrected chi connectivity index (χ2v) is 9.09. The summed E-state index contributed by atoms with van der Waals surface area (Å²) >= 11 is 0. The fraction of sp³-hybridized carbons (Fsp3) is 0.963. The van der Waals surface area contributed by atoms with Gasteiger partial charge in [0, 0.05) is 25.9 Å². The molecule has 1 amide bonds. The molecule has 2 fully saturated rings. The molecule has 6 unspecified atom stereocenters. The fourth-order valence-corrected chi connectivity index (χ4v) is 3.85. The van der Waals surface area contributed by atoms with Gasteiger partial charge in [0.25, 0.3) is 0 Å². The van der Waals surface area contributed by atoms with Crippen molar-refractivity contribution in [3.63, 3.8) is 0 Å². The smallest absolute Gasteiger partial charge is 0.222 e. The molecular weight excluding hydrogens is 544 g/mol. The van der Waals surface area contributed by atoms with Crippen LogP contribution in [0.2, 0.25) is 0 Å². The van der Waals surface area contributed by atoms with Crippen LogP contribution in [0.4, 0.5) is 0 Å². The van der Waals surface area contributed by atoms with Crippen molar-refractivity contribution < 1.29 is 59.9 Å². The minimum atomic E-state index is -1.51. The number of rotatable bonds is 14. The van der Waals surface area contributed by atoms with E-state index in [-0.39, 0.29) is 51.5 Å². The molecule has 41 heavy (non-hydrogen) atoms. The van der Waals surface area contributed by atoms with Crippen molar-refractivity contribution in [1.82, 2.24) is 10.2 Å². The molecule has 0 bridgehead atoms. The van der Waals surface area contributed by atoms with Crippen LogP contribution in [0, 0.1) is 0 Å². The molecule has 0 aliphatic carbocycles. The summed E-state index contributed by atoms with van der Waals surface area (Å²) in [5.74, 6) is -0.0917. The summed E-state index contributed by atoms with van der Waals surface area (Å²) in [6.07, 6.45) is -5.16. The van der Waals surface area contributed by atoms with Gasteiger partial charge in [0.2, 0.25) is 5.91 Å². The molecule has 0 aromatic rings. The molecule has 14 nitrogen and oxygen atoms in total. The number of aliphatic hydroxyl groups is 8. The number of unbranched alkanes of at least 4 members (excludes halogenated alkanes) is 2. The highest BCUT2D eigenvalue weighted by Gasteiger charge is 2.44. The van der Waals surface area contributed by atoms with Gasteiger partial charge in [-0.05, 0) is 26.4 Å². The maximum Gasteiger partial charge on any atom is 0.222 e. The molecule has 8 atom stereocenters. The van der Waals surface area contributed by atoms with Gasteiger partial charge in [0.1, 0.15) is 30.5 Å². The number of nitrogens with one attached hydrogen (secondary N) is 1. The molecule has 248 valence electrons. The predicted octanol–water partition coefficient (Wildman–Crippen LogP) is -2.05. The molecule has 2 rings (SSSR count). The average Bonchev–Trinajstić information content (AvgIpc) is 3.00. The van der Waals surface area contributed by atoms with E-state index in [0.717, 1.165) is 25.8 Å². The summed E-state index contributed by atoms with van der Waals surface area (Å²) in [4.78, 5) is 13.7. The van der Waals surface area contributed by atoms with Gasteiger partial charge in [-0.3, -0.25) is 4.79 Å². The number of nitrogens with zero attached hydrogens (tertiary/aromatic N) is 1. The Morgan fingerprint density at radius 2 is 1.54 bits per heavy atom. The molecule has 2 heterocycles. The minimum Gasteiger partial charge on any atom is -0.395 e. The van der Waals surface area contributed by atoms with E-state index in [9.17, 15) is 20.1 Å². The second-order valence-electron chi connectivity index (χ2n) is 9.09. The molecule has 14 heteroatoms. The number of ether oxygens (including phenoxy) is 3. The second kappa shape index (κ2) is 26.6. The number of aliphatic hydroxyl groups excluding tert-OH is 8. The Bertz CT molecular complexity index is 605. The quantitative estimate of drug-likeness (QED) is 0.0978. The lowest BCUT2D eigenvalue weighted by Gasteiger charge is -2.39. The standard InChI is InChI=1S/C17H34N2O8.C6H12O4.2C2H6/c1-18-6-4-2-3-5-13(22)19(7-9-20)8-10-26-17-16(25)15(24)14(23)12(11-21)27-17;7-2-4-1-5(8)6(9)3-10-4;2*1-2/h12,14-18,20-21,23-25H,2-11H2,1H3;4-9H,1-3H2;2*1-2H3/t12?,14-,15?,16?,17+;;;/m1.../s1. The summed E-state index contributed by atoms with van der Waals surface area (Å²) in [5.41, 5.74) is 0. The van der Waals surface area contributed by atoms with Gasteiger partial charge < -0.3 is 65.3 Å². The first kappa shape index (κ1) is 42.1. The Hall–Kier alpha value is -1.01. The molecule has 2 saturated heterocycles. The summed E-state index contributed by atoms with van der Waals surface area (Å²) in [7, 11) is 1.88. The van der Waals surface area contributed by atoms with E-state index >= 15 is 0 Å². The first-order valence-corrected chi connectivity index (χ1v) is 14.7. The minimum absolute atomic E-state index is 0.00812. The summed E-state index contributed by atoms with van der Waals surface area (Å²) in [6, 6.07) is 0. The van der Waals surface area contributed by atoms with E-state index in [4.69, 9.17) is 39.7 Å². The van der Waals surface area contributed by atoms with Gasteiger partial charge in [-0.2, -0.15) is 0 Å². The van der Waals surface area contributed by atoms with Crippen LogP contribution >= 0.6 is 0 Å². The van der Waals surface area contributed by atoms with E-state index in [0.29, 0.717) is 12.8 Å². The largest absolute Gasteiger partial charge is 0.395 e. The van der Waals surface area contributed by atoms with Crippen molar-refractivity contribution in [2.75, 3.05) is 59.7 Å². The SMILES string of the molecule is CC.CC.CNCCCCCC(=O)N(CCO)CCO[C@H]1OC(CO)[C@@H](O)C(O)C1O.OCC1CC(O)C(O)CO1. The number of hydrogen-bond donors (Lipinski definition) is 9. The summed E-state index contributed by atoms with van der Waals surface area (Å²) in [5, 5.41) is 77.3. The predicted molar refractivity (Wildman–Crippen MR) is 152 cm³/mol. The van der Waals surface area contributed by atoms with Crippen molar-refractivity contribution in [3.8, 4) is 0 Å². The van der Waals surface area contributed by atoms with Crippen LogP contribution in [0.25, 0.3) is 0 Å². The third-order valence-electron chi connectivity index (χ3n) is 6.19. The van der Waals surface area contributed by atoms with Crippen LogP contribution in [0.15, 0.2) is 0 Å². The molecule has 0 radical (unpaired) electrons. The van der Waals surface area contributed by atoms with E-state index in [1.807, 2.05) is 34.7 Å². The van der Waals surface area contributed by atoms with Gasteiger partial charge >= 0.3 is 0 Å². The van der Waals surface area contributed by atoms with Crippen LogP contribution in [0.5, 0.6) is 0 Å². The summed E-state index contributed by atoms with van der Waals surface area (Å²) in [6.45, 7) is 8.59. The van der Waals surface area contributed by atoms with Gasteiger partial charge in [0.05, 0.1) is 45.2 Å². The number of carbonyl (C=O) groups excluding carboxylic acids is 1. The highest BCUT2D eigenvalue weighted by Crippen LogP contribution is 2.22. The van der Waals surface area contributed by atoms with Gasteiger partial charge in [-0.15, -0.1) is 0 Å². The van der Waals surface area contributed by atoms with E-state index in [2.05, 4.69) is 5.32 Å². The fourth-order valence-electron chi connectivity index (χ4n) is 3.85. The normalized spacial score (nSPS) is 29.1. The monoisotopic (exact) mass is 602 g/mol. The Labute approximate surface area is 244 Å². The summed E-state index contributed by atoms with van der Waals surface area (Å²) < 4.78 is 15.6. The first-order valence-electron chi connectivity index (χ1n) is 14.7. The lowest BCUT2D eigenvalue weighted by Crippen LogP contribution is -2.59. The molecule has 0 aromatic carbocycles. The number of carbonyl (C=O) groups is 1. The van der Waals surface area contributed by atoms with E-state index < -0.39 is 49.5 Å². The molecule has 2 aliphatic rings. The highest BCUT2D eigenvalue weighted by atomic mass is 16.7. The molecule has 9 N–H and O–H groups in total. The first-order chi connectivity index (χ1) is 19.7. The van der Waals surface area contributed by atoms with Crippen LogP contribution < -0.4 is 5.32 Å². The average molecular weight is 603 g/mol. The highest BCUT2D eigenvalue weighted by molar-refractivity contribution is 5.76. The van der Waals surface area contributed by atoms with Crippen molar-refractivity contribution in [1.29, 1.82) is 0 Å². The Kier molecular flexibility index (Phi) is 27.3. The third kappa shape index (κ3) is 17.0. The zero-order chi connectivity index (χ0) is 31.8. The number of amides is 1. The zero-order valence-corrected chi connectivity index (χ0v) is 25.5. The molecular formula is C27H58N2O12. The van der Waals surface area contributed by atoms with Crippen LogP contribution in [-0.4, -0.2) is 160 Å². The maximum absolute atomic E-state index is 12.3. The topological polar surface area (TPSA) is 222 Å². The van der Waals surface area contributed by atoms with E-state index in [1.165, 1.54) is 4.90 Å². The number of hydrogen-bond acceptors (Lipinski definition) is 13. The van der Waals surface area contributed by atoms with Crippen molar-refractivity contribution in [3.05, 3.63) is 0 Å². The van der Waals surface area contributed by atoms with Crippen molar-refractivity contribution in [2.45, 2.75) is 109 Å². The third-order valence-corrected chi connectivity index (χ3v) is 6.19. The van der Waals surface area contributed by atoms with Gasteiger partial charge in [-0.25, -0.2) is 0 Å². The Balaban J connectivity index is 0. The van der Waals surface area contributed by atoms with Crippen molar-refractivity contribution >= 4 is 5.91 Å². The zero-order valence-electron chi connectivity index (χ0n) is 25.5. The van der Waals surface area contributed by atoms with Crippen LogP contribution in [-0.2, 0) is 19.0 Å². The van der Waals surface area contributed by atoms with Crippen molar-refractivity contribution in [2.24, 2.45) is 0 Å². The van der Waals surface area contributed by atoms with Crippen LogP contribution in [0.3, 0.4) is 0 Å². The molecule has 0 saturated carbocycles.